The van der Waals surface area contributed by atoms with Crippen LogP contribution in [0.3, 0.4) is 0 Å². The third-order valence-corrected chi connectivity index (χ3v) is 4.65. The van der Waals surface area contributed by atoms with Gasteiger partial charge in [0.15, 0.2) is 0 Å². The Morgan fingerprint density at radius 1 is 0.885 bits per heavy atom. The Balaban J connectivity index is 1.78. The molecule has 3 aromatic rings. The van der Waals surface area contributed by atoms with Crippen LogP contribution in [-0.4, -0.2) is 24.5 Å². The topological polar surface area (TPSA) is 32.3 Å². The number of rotatable bonds is 5. The monoisotopic (exact) mass is 364 g/mol. The van der Waals surface area contributed by atoms with Gasteiger partial charge in [-0.05, 0) is 23.3 Å². The first-order valence-corrected chi connectivity index (χ1v) is 8.89. The van der Waals surface area contributed by atoms with Crippen LogP contribution >= 0.6 is 11.6 Å². The standard InChI is InChI=1S/C22H21ClN2O/c1-25(22(26)24-21-15-9-8-14-20(21)23)16-19(17-10-4-2-5-11-17)18-12-6-3-7-13-18/h2-15,19H,16H2,1H3,(H,24,26). The first kappa shape index (κ1) is 18.0. The lowest BCUT2D eigenvalue weighted by molar-refractivity contribution is 0.221. The minimum Gasteiger partial charge on any atom is -0.327 e. The molecule has 4 heteroatoms. The van der Waals surface area contributed by atoms with E-state index >= 15 is 0 Å². The molecule has 0 saturated carbocycles. The Morgan fingerprint density at radius 2 is 1.38 bits per heavy atom. The molecular weight excluding hydrogens is 344 g/mol. The van der Waals surface area contributed by atoms with Gasteiger partial charge in [0.2, 0.25) is 0 Å². The van der Waals surface area contributed by atoms with Crippen LogP contribution < -0.4 is 5.32 Å². The molecule has 132 valence electrons. The second-order valence-corrected chi connectivity index (χ2v) is 6.57. The van der Waals surface area contributed by atoms with E-state index in [-0.39, 0.29) is 11.9 Å². The zero-order valence-corrected chi connectivity index (χ0v) is 15.4. The fourth-order valence-electron chi connectivity index (χ4n) is 2.90. The Kier molecular flexibility index (Phi) is 5.92. The summed E-state index contributed by atoms with van der Waals surface area (Å²) in [6, 6.07) is 27.5. The lowest BCUT2D eigenvalue weighted by atomic mass is 9.91. The van der Waals surface area contributed by atoms with E-state index in [9.17, 15) is 4.79 Å². The van der Waals surface area contributed by atoms with E-state index < -0.39 is 0 Å². The Labute approximate surface area is 159 Å². The van der Waals surface area contributed by atoms with Crippen LogP contribution in [0.15, 0.2) is 84.9 Å². The summed E-state index contributed by atoms with van der Waals surface area (Å²) in [6.07, 6.45) is 0. The van der Waals surface area contributed by atoms with Gasteiger partial charge in [0.05, 0.1) is 10.7 Å². The molecule has 0 spiro atoms. The summed E-state index contributed by atoms with van der Waals surface area (Å²) in [5.74, 6) is 0.0967. The number of para-hydroxylation sites is 1. The van der Waals surface area contributed by atoms with E-state index in [1.165, 1.54) is 11.1 Å². The molecule has 0 fully saturated rings. The number of likely N-dealkylation sites (N-methyl/N-ethyl adjacent to an activating group) is 1. The first-order valence-electron chi connectivity index (χ1n) is 8.51. The van der Waals surface area contributed by atoms with Crippen molar-refractivity contribution in [1.82, 2.24) is 4.90 Å². The quantitative estimate of drug-likeness (QED) is 0.624. The summed E-state index contributed by atoms with van der Waals surface area (Å²) < 4.78 is 0. The van der Waals surface area contributed by atoms with E-state index in [2.05, 4.69) is 29.6 Å². The number of nitrogens with zero attached hydrogens (tertiary/aromatic N) is 1. The Hall–Kier alpha value is -2.78. The molecule has 3 aromatic carbocycles. The van der Waals surface area contributed by atoms with Gasteiger partial charge in [-0.25, -0.2) is 4.79 Å². The fraction of sp³-hybridized carbons (Fsp3) is 0.136. The molecule has 0 atom stereocenters. The zero-order chi connectivity index (χ0) is 18.4. The number of amides is 2. The van der Waals surface area contributed by atoms with E-state index in [1.54, 1.807) is 24.1 Å². The van der Waals surface area contributed by atoms with E-state index in [0.717, 1.165) is 0 Å². The number of hydrogen-bond donors (Lipinski definition) is 1. The maximum atomic E-state index is 12.6. The minimum atomic E-state index is -0.185. The maximum absolute atomic E-state index is 12.6. The number of carbonyl (C=O) groups is 1. The maximum Gasteiger partial charge on any atom is 0.321 e. The summed E-state index contributed by atoms with van der Waals surface area (Å²) in [5, 5.41) is 3.40. The van der Waals surface area contributed by atoms with Crippen molar-refractivity contribution in [2.45, 2.75) is 5.92 Å². The molecule has 2 amide bonds. The van der Waals surface area contributed by atoms with Crippen LogP contribution in [0.25, 0.3) is 0 Å². The molecule has 0 aliphatic carbocycles. The number of anilines is 1. The first-order chi connectivity index (χ1) is 12.6. The highest BCUT2D eigenvalue weighted by molar-refractivity contribution is 6.33. The van der Waals surface area contributed by atoms with Gasteiger partial charge in [-0.1, -0.05) is 84.4 Å². The van der Waals surface area contributed by atoms with E-state index in [1.807, 2.05) is 48.5 Å². The molecule has 0 aromatic heterocycles. The van der Waals surface area contributed by atoms with Crippen molar-refractivity contribution >= 4 is 23.3 Å². The number of hydrogen-bond acceptors (Lipinski definition) is 1. The van der Waals surface area contributed by atoms with Gasteiger partial charge in [0, 0.05) is 19.5 Å². The molecule has 0 aliphatic rings. The van der Waals surface area contributed by atoms with Gasteiger partial charge < -0.3 is 10.2 Å². The molecule has 0 saturated heterocycles. The van der Waals surface area contributed by atoms with Crippen LogP contribution in [0.2, 0.25) is 5.02 Å². The van der Waals surface area contributed by atoms with Crippen LogP contribution in [0.1, 0.15) is 17.0 Å². The van der Waals surface area contributed by atoms with Crippen LogP contribution in [0, 0.1) is 0 Å². The lowest BCUT2D eigenvalue weighted by Gasteiger charge is -2.25. The third-order valence-electron chi connectivity index (χ3n) is 4.32. The lowest BCUT2D eigenvalue weighted by Crippen LogP contribution is -2.35. The van der Waals surface area contributed by atoms with Crippen LogP contribution in [-0.2, 0) is 0 Å². The number of halogens is 1. The van der Waals surface area contributed by atoms with Crippen molar-refractivity contribution in [3.63, 3.8) is 0 Å². The predicted molar refractivity (Wildman–Crippen MR) is 108 cm³/mol. The molecule has 3 rings (SSSR count). The van der Waals surface area contributed by atoms with Crippen molar-refractivity contribution in [3.05, 3.63) is 101 Å². The molecule has 3 nitrogen and oxygen atoms in total. The van der Waals surface area contributed by atoms with Crippen molar-refractivity contribution in [3.8, 4) is 0 Å². The second kappa shape index (κ2) is 8.54. The van der Waals surface area contributed by atoms with Crippen molar-refractivity contribution in [2.75, 3.05) is 18.9 Å². The van der Waals surface area contributed by atoms with Crippen molar-refractivity contribution in [2.24, 2.45) is 0 Å². The number of benzene rings is 3. The number of nitrogens with one attached hydrogen (secondary N) is 1. The molecule has 0 bridgehead atoms. The number of urea groups is 1. The molecule has 26 heavy (non-hydrogen) atoms. The van der Waals surface area contributed by atoms with Gasteiger partial charge in [0.25, 0.3) is 0 Å². The summed E-state index contributed by atoms with van der Waals surface area (Å²) >= 11 is 6.14. The fourth-order valence-corrected chi connectivity index (χ4v) is 3.09. The van der Waals surface area contributed by atoms with E-state index in [0.29, 0.717) is 17.3 Å². The number of carbonyl (C=O) groups excluding carboxylic acids is 1. The normalized spacial score (nSPS) is 10.6. The van der Waals surface area contributed by atoms with Gasteiger partial charge in [-0.2, -0.15) is 0 Å². The summed E-state index contributed by atoms with van der Waals surface area (Å²) in [5.41, 5.74) is 2.97. The van der Waals surface area contributed by atoms with Gasteiger partial charge in [-0.15, -0.1) is 0 Å². The highest BCUT2D eigenvalue weighted by Crippen LogP contribution is 2.26. The smallest absolute Gasteiger partial charge is 0.321 e. The predicted octanol–water partition coefficient (Wildman–Crippen LogP) is 5.64. The SMILES string of the molecule is CN(CC(c1ccccc1)c1ccccc1)C(=O)Nc1ccccc1Cl. The summed E-state index contributed by atoms with van der Waals surface area (Å²) in [6.45, 7) is 0.560. The van der Waals surface area contributed by atoms with Crippen LogP contribution in [0.5, 0.6) is 0 Å². The largest absolute Gasteiger partial charge is 0.327 e. The highest BCUT2D eigenvalue weighted by Gasteiger charge is 2.19. The average Bonchev–Trinajstić information content (AvgIpc) is 2.69. The van der Waals surface area contributed by atoms with Gasteiger partial charge in [-0.3, -0.25) is 0 Å². The summed E-state index contributed by atoms with van der Waals surface area (Å²) in [4.78, 5) is 14.3. The molecule has 0 aliphatic heterocycles. The van der Waals surface area contributed by atoms with Crippen molar-refractivity contribution < 1.29 is 4.79 Å². The average molecular weight is 365 g/mol. The van der Waals surface area contributed by atoms with Crippen molar-refractivity contribution in [1.29, 1.82) is 0 Å². The third kappa shape index (κ3) is 4.44. The van der Waals surface area contributed by atoms with Gasteiger partial charge >= 0.3 is 6.03 Å². The zero-order valence-electron chi connectivity index (χ0n) is 14.6. The molecular formula is C22H21ClN2O. The van der Waals surface area contributed by atoms with E-state index in [4.69, 9.17) is 11.6 Å². The minimum absolute atomic E-state index is 0.0967. The van der Waals surface area contributed by atoms with Gasteiger partial charge in [0.1, 0.15) is 0 Å². The molecule has 1 N–H and O–H groups in total. The molecule has 0 radical (unpaired) electrons. The molecule has 0 unspecified atom stereocenters. The Bertz CT molecular complexity index is 813. The molecule has 0 heterocycles. The van der Waals surface area contributed by atoms with Crippen LogP contribution in [0.4, 0.5) is 10.5 Å². The second-order valence-electron chi connectivity index (χ2n) is 6.16. The Morgan fingerprint density at radius 3 is 1.92 bits per heavy atom. The summed E-state index contributed by atoms with van der Waals surface area (Å²) in [7, 11) is 1.80. The highest BCUT2D eigenvalue weighted by atomic mass is 35.5.